The molecule has 3 heterocycles. The number of aliphatic hydroxyl groups is 2. The molecule has 37 heavy (non-hydrogen) atoms. The number of ether oxygens (including phenoxy) is 3. The van der Waals surface area contributed by atoms with Crippen LogP contribution >= 0.6 is 0 Å². The van der Waals surface area contributed by atoms with Crippen LogP contribution in [-0.4, -0.2) is 83.9 Å². The van der Waals surface area contributed by atoms with Gasteiger partial charge >= 0.3 is 0 Å². The summed E-state index contributed by atoms with van der Waals surface area (Å²) in [6.45, 7) is 8.69. The minimum absolute atomic E-state index is 0.00852. The van der Waals surface area contributed by atoms with Crippen LogP contribution in [0, 0.1) is 5.92 Å². The number of carbonyl (C=O) groups is 2. The molecule has 3 fully saturated rings. The number of carbonyl (C=O) groups excluding carboxylic acids is 2. The van der Waals surface area contributed by atoms with Crippen molar-refractivity contribution in [1.82, 2.24) is 10.6 Å². The molecule has 2 amide bonds. The predicted octanol–water partition coefficient (Wildman–Crippen LogP) is 1.93. The SMILES string of the molecule is CCC=CC(=O)NC1CC(C)C(CC=C(C)C=CC2OC(CC(=O)NCCO)CC3(CO3)C2O)OC1C. The van der Waals surface area contributed by atoms with E-state index >= 15 is 0 Å². The van der Waals surface area contributed by atoms with Gasteiger partial charge in [0.15, 0.2) is 0 Å². The van der Waals surface area contributed by atoms with Gasteiger partial charge < -0.3 is 35.1 Å². The average Bonchev–Trinajstić information content (AvgIpc) is 3.63. The molecule has 208 valence electrons. The van der Waals surface area contributed by atoms with Crippen molar-refractivity contribution in [2.24, 2.45) is 5.92 Å². The van der Waals surface area contributed by atoms with E-state index in [-0.39, 0.29) is 61.7 Å². The maximum absolute atomic E-state index is 12.1. The molecule has 3 rings (SSSR count). The molecule has 0 aromatic rings. The Morgan fingerprint density at radius 2 is 1.95 bits per heavy atom. The van der Waals surface area contributed by atoms with Crippen molar-refractivity contribution < 1.29 is 34.0 Å². The Hall–Kier alpha value is -2.04. The first-order chi connectivity index (χ1) is 17.7. The molecular formula is C28H44N2O7. The van der Waals surface area contributed by atoms with E-state index in [1.807, 2.05) is 39.0 Å². The molecule has 8 unspecified atom stereocenters. The second kappa shape index (κ2) is 13.7. The minimum atomic E-state index is -0.796. The van der Waals surface area contributed by atoms with Crippen LogP contribution in [0.2, 0.25) is 0 Å². The summed E-state index contributed by atoms with van der Waals surface area (Å²) in [5.41, 5.74) is 0.375. The average molecular weight is 521 g/mol. The Kier molecular flexibility index (Phi) is 10.9. The molecule has 1 spiro atoms. The molecule has 0 aliphatic carbocycles. The van der Waals surface area contributed by atoms with Gasteiger partial charge in [-0.3, -0.25) is 9.59 Å². The third kappa shape index (κ3) is 8.48. The monoisotopic (exact) mass is 520 g/mol. The van der Waals surface area contributed by atoms with Gasteiger partial charge in [-0.15, -0.1) is 0 Å². The molecule has 3 saturated heterocycles. The third-order valence-corrected chi connectivity index (χ3v) is 7.41. The zero-order valence-electron chi connectivity index (χ0n) is 22.5. The van der Waals surface area contributed by atoms with Crippen molar-refractivity contribution in [3.63, 3.8) is 0 Å². The normalized spacial score (nSPS) is 36.3. The van der Waals surface area contributed by atoms with Crippen LogP contribution in [-0.2, 0) is 23.8 Å². The number of hydrogen-bond acceptors (Lipinski definition) is 7. The first kappa shape index (κ1) is 29.5. The maximum Gasteiger partial charge on any atom is 0.243 e. The van der Waals surface area contributed by atoms with E-state index < -0.39 is 17.8 Å². The van der Waals surface area contributed by atoms with E-state index in [1.54, 1.807) is 6.08 Å². The Morgan fingerprint density at radius 3 is 2.62 bits per heavy atom. The summed E-state index contributed by atoms with van der Waals surface area (Å²) in [5, 5.41) is 25.4. The molecule has 9 heteroatoms. The number of nitrogens with one attached hydrogen (secondary N) is 2. The largest absolute Gasteiger partial charge is 0.395 e. The second-order valence-corrected chi connectivity index (χ2v) is 10.6. The van der Waals surface area contributed by atoms with Crippen LogP contribution in [0.15, 0.2) is 36.0 Å². The van der Waals surface area contributed by atoms with Gasteiger partial charge in [0.05, 0.1) is 44.0 Å². The number of aliphatic hydroxyl groups excluding tert-OH is 2. The van der Waals surface area contributed by atoms with Crippen molar-refractivity contribution >= 4 is 11.8 Å². The Morgan fingerprint density at radius 1 is 1.19 bits per heavy atom. The molecule has 0 saturated carbocycles. The van der Waals surface area contributed by atoms with E-state index in [0.29, 0.717) is 13.0 Å². The lowest BCUT2D eigenvalue weighted by molar-refractivity contribution is -0.145. The topological polar surface area (TPSA) is 130 Å². The second-order valence-electron chi connectivity index (χ2n) is 10.6. The van der Waals surface area contributed by atoms with Crippen LogP contribution in [0.4, 0.5) is 0 Å². The van der Waals surface area contributed by atoms with Crippen molar-refractivity contribution in [2.75, 3.05) is 19.8 Å². The van der Waals surface area contributed by atoms with Gasteiger partial charge in [-0.2, -0.15) is 0 Å². The molecule has 0 bridgehead atoms. The minimum Gasteiger partial charge on any atom is -0.395 e. The Balaban J connectivity index is 1.52. The molecule has 0 aromatic heterocycles. The maximum atomic E-state index is 12.1. The zero-order valence-corrected chi connectivity index (χ0v) is 22.5. The van der Waals surface area contributed by atoms with Gasteiger partial charge in [-0.1, -0.05) is 43.7 Å². The molecular weight excluding hydrogens is 476 g/mol. The number of hydrogen-bond donors (Lipinski definition) is 4. The fourth-order valence-electron chi connectivity index (χ4n) is 5.06. The van der Waals surface area contributed by atoms with E-state index in [1.165, 1.54) is 0 Å². The van der Waals surface area contributed by atoms with Gasteiger partial charge in [0, 0.05) is 13.0 Å². The van der Waals surface area contributed by atoms with Crippen molar-refractivity contribution in [1.29, 1.82) is 0 Å². The molecule has 8 atom stereocenters. The highest BCUT2D eigenvalue weighted by Gasteiger charge is 2.58. The molecule has 0 aromatic carbocycles. The molecule has 4 N–H and O–H groups in total. The summed E-state index contributed by atoms with van der Waals surface area (Å²) in [7, 11) is 0. The smallest absolute Gasteiger partial charge is 0.243 e. The van der Waals surface area contributed by atoms with Crippen molar-refractivity contribution in [3.05, 3.63) is 36.0 Å². The standard InChI is InChI=1S/C28H44N2O7/c1-5-6-7-25(32)30-22-14-19(3)23(36-20(22)4)10-8-18(2)9-11-24-27(34)28(17-35-28)16-21(37-24)15-26(33)29-12-13-31/h6-9,11,19-24,27,31,34H,5,10,12-17H2,1-4H3,(H,29,33)(H,30,32). The van der Waals surface area contributed by atoms with Crippen LogP contribution in [0.3, 0.4) is 0 Å². The quantitative estimate of drug-likeness (QED) is 0.186. The highest BCUT2D eigenvalue weighted by atomic mass is 16.6. The van der Waals surface area contributed by atoms with E-state index in [0.717, 1.165) is 24.8 Å². The molecule has 3 aliphatic rings. The summed E-state index contributed by atoms with van der Waals surface area (Å²) < 4.78 is 17.9. The van der Waals surface area contributed by atoms with E-state index in [2.05, 4.69) is 23.6 Å². The lowest BCUT2D eigenvalue weighted by Gasteiger charge is -2.39. The van der Waals surface area contributed by atoms with E-state index in [4.69, 9.17) is 19.3 Å². The summed E-state index contributed by atoms with van der Waals surface area (Å²) in [6.07, 6.45) is 10.6. The highest BCUT2D eigenvalue weighted by molar-refractivity contribution is 5.87. The lowest BCUT2D eigenvalue weighted by atomic mass is 9.87. The number of rotatable bonds is 11. The van der Waals surface area contributed by atoms with Crippen LogP contribution in [0.5, 0.6) is 0 Å². The van der Waals surface area contributed by atoms with E-state index in [9.17, 15) is 14.7 Å². The Bertz CT molecular complexity index is 867. The summed E-state index contributed by atoms with van der Waals surface area (Å²) in [6, 6.07) is -0.00852. The summed E-state index contributed by atoms with van der Waals surface area (Å²) >= 11 is 0. The fraction of sp³-hybridized carbons (Fsp3) is 0.714. The first-order valence-electron chi connectivity index (χ1n) is 13.5. The van der Waals surface area contributed by atoms with Gasteiger partial charge in [0.25, 0.3) is 0 Å². The first-order valence-corrected chi connectivity index (χ1v) is 13.5. The van der Waals surface area contributed by atoms with Gasteiger partial charge in [0.1, 0.15) is 17.8 Å². The molecule has 9 nitrogen and oxygen atoms in total. The highest BCUT2D eigenvalue weighted by Crippen LogP contribution is 2.43. The zero-order chi connectivity index (χ0) is 27.0. The number of allylic oxidation sites excluding steroid dienone is 3. The van der Waals surface area contributed by atoms with Crippen LogP contribution in [0.1, 0.15) is 59.8 Å². The van der Waals surface area contributed by atoms with Gasteiger partial charge in [0.2, 0.25) is 11.8 Å². The fourth-order valence-corrected chi connectivity index (χ4v) is 5.06. The van der Waals surface area contributed by atoms with Gasteiger partial charge in [-0.05, 0) is 45.1 Å². The van der Waals surface area contributed by atoms with Gasteiger partial charge in [-0.25, -0.2) is 0 Å². The predicted molar refractivity (Wildman–Crippen MR) is 140 cm³/mol. The molecule has 3 aliphatic heterocycles. The molecule has 0 radical (unpaired) electrons. The van der Waals surface area contributed by atoms with Crippen LogP contribution < -0.4 is 10.6 Å². The number of amides is 2. The van der Waals surface area contributed by atoms with Crippen LogP contribution in [0.25, 0.3) is 0 Å². The van der Waals surface area contributed by atoms with Crippen molar-refractivity contribution in [2.45, 2.75) is 102 Å². The Labute approximate surface area is 220 Å². The lowest BCUT2D eigenvalue weighted by Crippen LogP contribution is -2.51. The summed E-state index contributed by atoms with van der Waals surface area (Å²) in [4.78, 5) is 24.2. The third-order valence-electron chi connectivity index (χ3n) is 7.41. The number of epoxide rings is 1. The van der Waals surface area contributed by atoms with Crippen molar-refractivity contribution in [3.8, 4) is 0 Å². The summed E-state index contributed by atoms with van der Waals surface area (Å²) in [5.74, 6) is 0.0188.